The average molecular weight is 348 g/mol. The summed E-state index contributed by atoms with van der Waals surface area (Å²) in [5.41, 5.74) is 8.92. The zero-order valence-electron chi connectivity index (χ0n) is 13.8. The summed E-state index contributed by atoms with van der Waals surface area (Å²) in [5.74, 6) is 0.0675. The van der Waals surface area contributed by atoms with E-state index in [0.29, 0.717) is 35.7 Å². The second kappa shape index (κ2) is 6.32. The molecule has 2 aromatic heterocycles. The Bertz CT molecular complexity index is 965. The van der Waals surface area contributed by atoms with Crippen LogP contribution in [0.5, 0.6) is 0 Å². The van der Waals surface area contributed by atoms with E-state index in [2.05, 4.69) is 20.5 Å². The van der Waals surface area contributed by atoms with E-state index < -0.39 is 0 Å². The predicted octanol–water partition coefficient (Wildman–Crippen LogP) is 1.80. The minimum absolute atomic E-state index is 0.0900. The van der Waals surface area contributed by atoms with E-state index in [1.807, 2.05) is 0 Å². The molecule has 0 spiro atoms. The number of nitrogens with one attached hydrogen (secondary N) is 2. The van der Waals surface area contributed by atoms with Crippen molar-refractivity contribution in [1.29, 1.82) is 0 Å². The van der Waals surface area contributed by atoms with Crippen LogP contribution < -0.4 is 11.1 Å². The number of hydrogen-bond donors (Lipinski definition) is 3. The maximum Gasteiger partial charge on any atom is 0.256 e. The molecule has 130 valence electrons. The highest BCUT2D eigenvalue weighted by atomic mass is 16.2. The molecule has 8 nitrogen and oxygen atoms in total. The lowest BCUT2D eigenvalue weighted by atomic mass is 10.2. The molecular weight excluding hydrogens is 332 g/mol. The Morgan fingerprint density at radius 3 is 2.50 bits per heavy atom. The van der Waals surface area contributed by atoms with Gasteiger partial charge >= 0.3 is 0 Å². The van der Waals surface area contributed by atoms with Crippen LogP contribution >= 0.6 is 0 Å². The number of hydrogen-bond acceptors (Lipinski definition) is 5. The first kappa shape index (κ1) is 15.8. The van der Waals surface area contributed by atoms with Crippen molar-refractivity contribution in [1.82, 2.24) is 20.1 Å². The van der Waals surface area contributed by atoms with E-state index >= 15 is 0 Å². The molecule has 0 saturated heterocycles. The van der Waals surface area contributed by atoms with Crippen molar-refractivity contribution in [2.45, 2.75) is 13.1 Å². The van der Waals surface area contributed by atoms with E-state index in [0.717, 1.165) is 11.3 Å². The van der Waals surface area contributed by atoms with Crippen LogP contribution in [0.4, 0.5) is 11.5 Å². The average Bonchev–Trinajstić information content (AvgIpc) is 3.24. The Hall–Kier alpha value is -3.68. The molecule has 4 N–H and O–H groups in total. The third-order valence-corrected chi connectivity index (χ3v) is 4.27. The lowest BCUT2D eigenvalue weighted by Gasteiger charge is -2.15. The number of carbonyl (C=O) groups excluding carboxylic acids is 2. The van der Waals surface area contributed by atoms with Crippen molar-refractivity contribution in [3.05, 3.63) is 71.2 Å². The van der Waals surface area contributed by atoms with Crippen LogP contribution in [0.3, 0.4) is 0 Å². The van der Waals surface area contributed by atoms with Crippen molar-refractivity contribution in [2.75, 3.05) is 11.1 Å². The van der Waals surface area contributed by atoms with Crippen molar-refractivity contribution >= 4 is 23.3 Å². The minimum atomic E-state index is -0.279. The highest BCUT2D eigenvalue weighted by molar-refractivity contribution is 6.04. The molecule has 0 atom stereocenters. The third kappa shape index (κ3) is 2.88. The summed E-state index contributed by atoms with van der Waals surface area (Å²) in [6, 6.07) is 9.99. The Morgan fingerprint density at radius 2 is 1.77 bits per heavy atom. The quantitative estimate of drug-likeness (QED) is 0.624. The molecule has 0 unspecified atom stereocenters. The van der Waals surface area contributed by atoms with Gasteiger partial charge in [-0.1, -0.05) is 0 Å². The number of anilines is 2. The van der Waals surface area contributed by atoms with Gasteiger partial charge in [0, 0.05) is 34.8 Å². The Morgan fingerprint density at radius 1 is 1.04 bits per heavy atom. The number of nitrogen functional groups attached to an aromatic ring is 1. The molecule has 0 aliphatic carbocycles. The van der Waals surface area contributed by atoms with Gasteiger partial charge in [0.15, 0.2) is 5.82 Å². The number of nitrogens with zero attached hydrogens (tertiary/aromatic N) is 3. The molecule has 3 aromatic rings. The first-order valence-electron chi connectivity index (χ1n) is 8.04. The fourth-order valence-electron chi connectivity index (χ4n) is 2.88. The van der Waals surface area contributed by atoms with Crippen molar-refractivity contribution in [3.63, 3.8) is 0 Å². The largest absolute Gasteiger partial charge is 0.399 e. The SMILES string of the molecule is Nc1ccc(C(=O)Nc2n[nH]c3c2CN(C(=O)c2ccncc2)C3)cc1. The molecule has 8 heteroatoms. The number of nitrogens with two attached hydrogens (primary N) is 1. The molecule has 1 aliphatic heterocycles. The summed E-state index contributed by atoms with van der Waals surface area (Å²) in [6.45, 7) is 0.797. The smallest absolute Gasteiger partial charge is 0.256 e. The van der Waals surface area contributed by atoms with Crippen molar-refractivity contribution < 1.29 is 9.59 Å². The normalized spacial score (nSPS) is 12.7. The van der Waals surface area contributed by atoms with Crippen LogP contribution in [0.15, 0.2) is 48.8 Å². The summed E-state index contributed by atoms with van der Waals surface area (Å²) in [5, 5.41) is 9.84. The highest BCUT2D eigenvalue weighted by Crippen LogP contribution is 2.28. The van der Waals surface area contributed by atoms with Gasteiger partial charge in [-0.05, 0) is 36.4 Å². The highest BCUT2D eigenvalue weighted by Gasteiger charge is 2.29. The molecule has 0 fully saturated rings. The van der Waals surface area contributed by atoms with Gasteiger partial charge in [0.25, 0.3) is 11.8 Å². The molecule has 4 rings (SSSR count). The van der Waals surface area contributed by atoms with Crippen LogP contribution in [0.25, 0.3) is 0 Å². The van der Waals surface area contributed by atoms with Gasteiger partial charge in [-0.2, -0.15) is 5.10 Å². The molecule has 0 radical (unpaired) electrons. The number of pyridine rings is 1. The van der Waals surface area contributed by atoms with E-state index in [1.165, 1.54) is 0 Å². The van der Waals surface area contributed by atoms with Crippen LogP contribution in [0, 0.1) is 0 Å². The van der Waals surface area contributed by atoms with E-state index in [-0.39, 0.29) is 11.8 Å². The standard InChI is InChI=1S/C18H16N6O2/c19-13-3-1-11(2-4-13)17(25)21-16-14-9-24(10-15(14)22-23-16)18(26)12-5-7-20-8-6-12/h1-8H,9-10,19H2,(H2,21,22,23,25). The Labute approximate surface area is 149 Å². The van der Waals surface area contributed by atoms with Gasteiger partial charge in [-0.3, -0.25) is 19.7 Å². The van der Waals surface area contributed by atoms with Gasteiger partial charge in [0.1, 0.15) is 0 Å². The number of rotatable bonds is 3. The Balaban J connectivity index is 1.49. The number of H-pyrrole nitrogens is 1. The van der Waals surface area contributed by atoms with Crippen LogP contribution in [-0.2, 0) is 13.1 Å². The van der Waals surface area contributed by atoms with Gasteiger partial charge in [0.05, 0.1) is 18.8 Å². The summed E-state index contributed by atoms with van der Waals surface area (Å²) < 4.78 is 0. The van der Waals surface area contributed by atoms with Gasteiger partial charge < -0.3 is 16.0 Å². The Kier molecular flexibility index (Phi) is 3.85. The molecule has 0 bridgehead atoms. The van der Waals surface area contributed by atoms with Gasteiger partial charge in [-0.15, -0.1) is 0 Å². The molecule has 26 heavy (non-hydrogen) atoms. The second-order valence-electron chi connectivity index (χ2n) is 6.00. The number of amides is 2. The van der Waals surface area contributed by atoms with Crippen LogP contribution in [0.1, 0.15) is 32.0 Å². The van der Waals surface area contributed by atoms with E-state index in [4.69, 9.17) is 5.73 Å². The van der Waals surface area contributed by atoms with Crippen molar-refractivity contribution in [2.24, 2.45) is 0 Å². The molecule has 0 saturated carbocycles. The first-order valence-corrected chi connectivity index (χ1v) is 8.04. The summed E-state index contributed by atoms with van der Waals surface area (Å²) in [4.78, 5) is 30.5. The molecule has 1 aromatic carbocycles. The fraction of sp³-hybridized carbons (Fsp3) is 0.111. The zero-order chi connectivity index (χ0) is 18.1. The summed E-state index contributed by atoms with van der Waals surface area (Å²) in [7, 11) is 0. The molecule has 3 heterocycles. The fourth-order valence-corrected chi connectivity index (χ4v) is 2.88. The monoisotopic (exact) mass is 348 g/mol. The molecule has 2 amide bonds. The van der Waals surface area contributed by atoms with Gasteiger partial charge in [0.2, 0.25) is 0 Å². The maximum atomic E-state index is 12.6. The third-order valence-electron chi connectivity index (χ3n) is 4.27. The number of benzene rings is 1. The number of aromatic amines is 1. The zero-order valence-corrected chi connectivity index (χ0v) is 13.8. The molecule has 1 aliphatic rings. The van der Waals surface area contributed by atoms with Gasteiger partial charge in [-0.25, -0.2) is 0 Å². The summed E-state index contributed by atoms with van der Waals surface area (Å²) in [6.07, 6.45) is 3.17. The lowest BCUT2D eigenvalue weighted by Crippen LogP contribution is -2.26. The van der Waals surface area contributed by atoms with Crippen LogP contribution in [-0.4, -0.2) is 31.9 Å². The number of fused-ring (bicyclic) bond motifs is 1. The number of aromatic nitrogens is 3. The van der Waals surface area contributed by atoms with Crippen LogP contribution in [0.2, 0.25) is 0 Å². The maximum absolute atomic E-state index is 12.6. The lowest BCUT2D eigenvalue weighted by molar-refractivity contribution is 0.0749. The second-order valence-corrected chi connectivity index (χ2v) is 6.00. The molecular formula is C18H16N6O2. The van der Waals surface area contributed by atoms with E-state index in [1.54, 1.807) is 53.7 Å². The predicted molar refractivity (Wildman–Crippen MR) is 95.2 cm³/mol. The number of carbonyl (C=O) groups is 2. The van der Waals surface area contributed by atoms with Crippen molar-refractivity contribution in [3.8, 4) is 0 Å². The minimum Gasteiger partial charge on any atom is -0.399 e. The topological polar surface area (TPSA) is 117 Å². The van der Waals surface area contributed by atoms with E-state index in [9.17, 15) is 9.59 Å². The summed E-state index contributed by atoms with van der Waals surface area (Å²) >= 11 is 0. The first-order chi connectivity index (χ1) is 12.6.